The Morgan fingerprint density at radius 1 is 1.11 bits per heavy atom. The molecule has 10 heteroatoms. The van der Waals surface area contributed by atoms with Crippen molar-refractivity contribution in [2.24, 2.45) is 5.73 Å². The summed E-state index contributed by atoms with van der Waals surface area (Å²) < 4.78 is 27.1. The van der Waals surface area contributed by atoms with Crippen LogP contribution in [0.1, 0.15) is 38.4 Å². The molecule has 1 fully saturated rings. The molecule has 1 saturated heterocycles. The minimum atomic E-state index is -0.954. The maximum Gasteiger partial charge on any atom is 0.311 e. The van der Waals surface area contributed by atoms with Gasteiger partial charge < -0.3 is 20.1 Å². The van der Waals surface area contributed by atoms with Gasteiger partial charge in [0.15, 0.2) is 11.5 Å². The van der Waals surface area contributed by atoms with Crippen molar-refractivity contribution in [2.45, 2.75) is 32.6 Å². The van der Waals surface area contributed by atoms with Crippen molar-refractivity contribution in [3.8, 4) is 28.5 Å². The van der Waals surface area contributed by atoms with Gasteiger partial charge in [0.2, 0.25) is 5.82 Å². The molecule has 0 spiro atoms. The van der Waals surface area contributed by atoms with Crippen LogP contribution in [-0.4, -0.2) is 51.3 Å². The van der Waals surface area contributed by atoms with Crippen LogP contribution in [-0.2, 0) is 9.59 Å². The SMILES string of the molecule is CC.COc1cccc(Oc2ccc(-c3nc(C4CCCN(C(=O)C(N)=O)C4)n4ccncc34)cc2)c1F. The van der Waals surface area contributed by atoms with E-state index >= 15 is 0 Å². The normalized spacial score (nSPS) is 14.9. The maximum atomic E-state index is 14.5. The van der Waals surface area contributed by atoms with Gasteiger partial charge in [0, 0.05) is 37.0 Å². The smallest absolute Gasteiger partial charge is 0.311 e. The fraction of sp³-hybridized carbons (Fsp3) is 0.286. The molecule has 0 saturated carbocycles. The Bertz CT molecular complexity index is 1440. The van der Waals surface area contributed by atoms with Gasteiger partial charge in [-0.2, -0.15) is 4.39 Å². The van der Waals surface area contributed by atoms with Crippen LogP contribution >= 0.6 is 0 Å². The molecule has 1 atom stereocenters. The first-order valence-corrected chi connectivity index (χ1v) is 12.5. The standard InChI is InChI=1S/C26H24FN5O4.C2H6/c1-35-20-5-2-6-21(22(20)27)36-18-9-7-16(8-10-18)23-19-14-29-11-13-32(19)25(30-23)17-4-3-12-31(15-17)26(34)24(28)33;1-2/h2,5-11,13-14,17H,3-4,12,15H2,1H3,(H2,28,33);1-2H3. The molecular weight excluding hydrogens is 489 g/mol. The summed E-state index contributed by atoms with van der Waals surface area (Å²) in [4.78, 5) is 34.2. The second-order valence-electron chi connectivity index (χ2n) is 8.50. The minimum absolute atomic E-state index is 0.0633. The highest BCUT2D eigenvalue weighted by Gasteiger charge is 2.30. The van der Waals surface area contributed by atoms with Crippen molar-refractivity contribution >= 4 is 17.3 Å². The number of benzene rings is 2. The zero-order valence-electron chi connectivity index (χ0n) is 21.6. The Morgan fingerprint density at radius 3 is 2.55 bits per heavy atom. The first kappa shape index (κ1) is 26.6. The molecule has 3 heterocycles. The van der Waals surface area contributed by atoms with Gasteiger partial charge >= 0.3 is 11.8 Å². The van der Waals surface area contributed by atoms with Gasteiger partial charge in [0.05, 0.1) is 24.5 Å². The van der Waals surface area contributed by atoms with E-state index in [4.69, 9.17) is 20.2 Å². The summed E-state index contributed by atoms with van der Waals surface area (Å²) in [5.74, 6) is -0.861. The van der Waals surface area contributed by atoms with Crippen LogP contribution in [0.3, 0.4) is 0 Å². The molecule has 2 amide bonds. The summed E-state index contributed by atoms with van der Waals surface area (Å²) >= 11 is 0. The topological polar surface area (TPSA) is 112 Å². The molecule has 1 unspecified atom stereocenters. The quantitative estimate of drug-likeness (QED) is 0.387. The lowest BCUT2D eigenvalue weighted by atomic mass is 9.97. The third kappa shape index (κ3) is 5.29. The van der Waals surface area contributed by atoms with E-state index in [1.165, 1.54) is 24.1 Å². The largest absolute Gasteiger partial charge is 0.494 e. The summed E-state index contributed by atoms with van der Waals surface area (Å²) in [5.41, 5.74) is 7.56. The molecular formula is C28H30FN5O4. The first-order valence-electron chi connectivity index (χ1n) is 12.5. The van der Waals surface area contributed by atoms with E-state index < -0.39 is 17.6 Å². The van der Waals surface area contributed by atoms with Gasteiger partial charge in [-0.15, -0.1) is 0 Å². The van der Waals surface area contributed by atoms with E-state index in [1.807, 2.05) is 36.6 Å². The lowest BCUT2D eigenvalue weighted by Crippen LogP contribution is -2.45. The molecule has 2 aromatic heterocycles. The number of hydrogen-bond donors (Lipinski definition) is 1. The third-order valence-electron chi connectivity index (χ3n) is 6.26. The molecule has 38 heavy (non-hydrogen) atoms. The Kier molecular flexibility index (Phi) is 8.20. The number of carbonyl (C=O) groups is 2. The van der Waals surface area contributed by atoms with Crippen LogP contribution in [0.2, 0.25) is 0 Å². The van der Waals surface area contributed by atoms with E-state index in [0.29, 0.717) is 18.8 Å². The number of hydrogen-bond acceptors (Lipinski definition) is 6. The van der Waals surface area contributed by atoms with E-state index in [-0.39, 0.29) is 17.4 Å². The summed E-state index contributed by atoms with van der Waals surface area (Å²) in [5, 5.41) is 0. The molecule has 1 aliphatic heterocycles. The zero-order chi connectivity index (χ0) is 27.2. The van der Waals surface area contributed by atoms with Crippen LogP contribution in [0.4, 0.5) is 4.39 Å². The highest BCUT2D eigenvalue weighted by molar-refractivity contribution is 6.34. The summed E-state index contributed by atoms with van der Waals surface area (Å²) in [6.07, 6.45) is 6.81. The Hall–Kier alpha value is -4.47. The lowest BCUT2D eigenvalue weighted by Gasteiger charge is -2.31. The second kappa shape index (κ2) is 11.7. The highest BCUT2D eigenvalue weighted by Crippen LogP contribution is 2.34. The number of aromatic nitrogens is 3. The number of carbonyl (C=O) groups excluding carboxylic acids is 2. The average Bonchev–Trinajstić information content (AvgIpc) is 3.35. The van der Waals surface area contributed by atoms with E-state index in [1.54, 1.807) is 30.6 Å². The molecule has 0 radical (unpaired) electrons. The van der Waals surface area contributed by atoms with E-state index in [0.717, 1.165) is 35.4 Å². The summed E-state index contributed by atoms with van der Waals surface area (Å²) in [6.45, 7) is 4.85. The summed E-state index contributed by atoms with van der Waals surface area (Å²) in [6, 6.07) is 11.9. The van der Waals surface area contributed by atoms with Gasteiger partial charge in [-0.25, -0.2) is 4.98 Å². The van der Waals surface area contributed by atoms with Crippen molar-refractivity contribution in [3.63, 3.8) is 0 Å². The van der Waals surface area contributed by atoms with Gasteiger partial charge in [-0.3, -0.25) is 19.0 Å². The average molecular weight is 520 g/mol. The van der Waals surface area contributed by atoms with Crippen LogP contribution in [0, 0.1) is 5.82 Å². The predicted octanol–water partition coefficient (Wildman–Crippen LogP) is 4.55. The van der Waals surface area contributed by atoms with Crippen molar-refractivity contribution < 1.29 is 23.5 Å². The monoisotopic (exact) mass is 519 g/mol. The molecule has 2 aromatic carbocycles. The highest BCUT2D eigenvalue weighted by atomic mass is 19.1. The fourth-order valence-corrected chi connectivity index (χ4v) is 4.53. The number of ether oxygens (including phenoxy) is 2. The number of fused-ring (bicyclic) bond motifs is 1. The molecule has 2 N–H and O–H groups in total. The predicted molar refractivity (Wildman–Crippen MR) is 141 cm³/mol. The molecule has 1 aliphatic rings. The van der Waals surface area contributed by atoms with Crippen LogP contribution in [0.15, 0.2) is 61.1 Å². The van der Waals surface area contributed by atoms with Crippen molar-refractivity contribution in [3.05, 3.63) is 72.7 Å². The molecule has 0 bridgehead atoms. The van der Waals surface area contributed by atoms with Crippen molar-refractivity contribution in [1.82, 2.24) is 19.3 Å². The number of primary amides is 1. The van der Waals surface area contributed by atoms with Gasteiger partial charge in [-0.05, 0) is 49.2 Å². The molecule has 0 aliphatic carbocycles. The lowest BCUT2D eigenvalue weighted by molar-refractivity contribution is -0.145. The number of methoxy groups -OCH3 is 1. The molecule has 9 nitrogen and oxygen atoms in total. The number of imidazole rings is 1. The maximum absolute atomic E-state index is 14.5. The number of halogens is 1. The van der Waals surface area contributed by atoms with Gasteiger partial charge in [-0.1, -0.05) is 19.9 Å². The number of piperidine rings is 1. The van der Waals surface area contributed by atoms with Gasteiger partial charge in [0.1, 0.15) is 11.6 Å². The van der Waals surface area contributed by atoms with Crippen LogP contribution < -0.4 is 15.2 Å². The molecule has 4 aromatic rings. The van der Waals surface area contributed by atoms with Crippen LogP contribution in [0.25, 0.3) is 16.8 Å². The fourth-order valence-electron chi connectivity index (χ4n) is 4.53. The molecule has 5 rings (SSSR count). The minimum Gasteiger partial charge on any atom is -0.494 e. The van der Waals surface area contributed by atoms with Crippen LogP contribution in [0.5, 0.6) is 17.2 Å². The Labute approximate surface area is 220 Å². The molecule has 198 valence electrons. The third-order valence-corrected chi connectivity index (χ3v) is 6.26. The first-order chi connectivity index (χ1) is 18.5. The Morgan fingerprint density at radius 2 is 1.84 bits per heavy atom. The van der Waals surface area contributed by atoms with E-state index in [9.17, 15) is 14.0 Å². The number of likely N-dealkylation sites (tertiary alicyclic amines) is 1. The van der Waals surface area contributed by atoms with Crippen molar-refractivity contribution in [1.29, 1.82) is 0 Å². The number of amides is 2. The number of rotatable bonds is 5. The summed E-state index contributed by atoms with van der Waals surface area (Å²) in [7, 11) is 1.40. The second-order valence-corrected chi connectivity index (χ2v) is 8.50. The van der Waals surface area contributed by atoms with Crippen molar-refractivity contribution in [2.75, 3.05) is 20.2 Å². The van der Waals surface area contributed by atoms with E-state index in [2.05, 4.69) is 4.98 Å². The van der Waals surface area contributed by atoms with Gasteiger partial charge in [0.25, 0.3) is 0 Å². The number of nitrogens with zero attached hydrogens (tertiary/aromatic N) is 4. The number of nitrogens with two attached hydrogens (primary N) is 1. The Balaban J connectivity index is 0.00000164. The zero-order valence-corrected chi connectivity index (χ0v) is 21.6.